The lowest BCUT2D eigenvalue weighted by atomic mass is 9.98. The summed E-state index contributed by atoms with van der Waals surface area (Å²) >= 11 is 0. The Kier molecular flexibility index (Phi) is 6.05. The van der Waals surface area contributed by atoms with Crippen LogP contribution in [0.5, 0.6) is 0 Å². The molecular formula is C20H20N4O6. The minimum atomic E-state index is -0.803. The number of benzene rings is 2. The minimum absolute atomic E-state index is 0.135. The number of anilines is 1. The molecule has 2 aromatic rings. The van der Waals surface area contributed by atoms with Crippen molar-refractivity contribution >= 4 is 28.9 Å². The van der Waals surface area contributed by atoms with E-state index in [0.29, 0.717) is 30.3 Å². The predicted octanol–water partition coefficient (Wildman–Crippen LogP) is 3.63. The molecule has 0 radical (unpaired) electrons. The van der Waals surface area contributed by atoms with Crippen LogP contribution in [0.4, 0.5) is 17.1 Å². The van der Waals surface area contributed by atoms with Crippen LogP contribution in [0.1, 0.15) is 40.5 Å². The van der Waals surface area contributed by atoms with E-state index in [1.165, 1.54) is 6.07 Å². The number of likely N-dealkylation sites (tertiary alicyclic amines) is 1. The molecule has 1 fully saturated rings. The second-order valence-electron chi connectivity index (χ2n) is 7.26. The van der Waals surface area contributed by atoms with Crippen molar-refractivity contribution in [3.63, 3.8) is 0 Å². The monoisotopic (exact) mass is 412 g/mol. The molecule has 0 spiro atoms. The van der Waals surface area contributed by atoms with Gasteiger partial charge in [0.15, 0.2) is 0 Å². The molecule has 1 heterocycles. The van der Waals surface area contributed by atoms with Crippen molar-refractivity contribution in [1.82, 2.24) is 4.90 Å². The van der Waals surface area contributed by atoms with E-state index in [4.69, 9.17) is 0 Å². The van der Waals surface area contributed by atoms with Crippen molar-refractivity contribution in [1.29, 1.82) is 0 Å². The highest BCUT2D eigenvalue weighted by molar-refractivity contribution is 6.06. The lowest BCUT2D eigenvalue weighted by Crippen LogP contribution is -2.37. The van der Waals surface area contributed by atoms with Gasteiger partial charge in [0.1, 0.15) is 0 Å². The maximum Gasteiger partial charge on any atom is 0.277 e. The number of piperidine rings is 1. The molecule has 0 atom stereocenters. The standard InChI is InChI=1S/C20H20N4O6/c1-13-5-7-22(8-6-13)20(26)14-3-2-4-16(9-14)21-19(25)15-10-17(23(27)28)12-18(11-15)24(29)30/h2-4,9-13H,5-8H2,1H3,(H,21,25). The zero-order valence-electron chi connectivity index (χ0n) is 16.2. The molecule has 2 aromatic carbocycles. The second kappa shape index (κ2) is 8.68. The van der Waals surface area contributed by atoms with Crippen LogP contribution >= 0.6 is 0 Å². The maximum absolute atomic E-state index is 12.7. The smallest absolute Gasteiger partial charge is 0.277 e. The molecular weight excluding hydrogens is 392 g/mol. The fourth-order valence-corrected chi connectivity index (χ4v) is 3.26. The lowest BCUT2D eigenvalue weighted by molar-refractivity contribution is -0.394. The number of carbonyl (C=O) groups is 2. The highest BCUT2D eigenvalue weighted by Gasteiger charge is 2.23. The van der Waals surface area contributed by atoms with Gasteiger partial charge in [-0.15, -0.1) is 0 Å². The molecule has 0 saturated carbocycles. The number of amides is 2. The predicted molar refractivity (Wildman–Crippen MR) is 108 cm³/mol. The average Bonchev–Trinajstić information content (AvgIpc) is 2.73. The number of hydrogen-bond donors (Lipinski definition) is 1. The molecule has 10 heteroatoms. The first kappa shape index (κ1) is 20.9. The van der Waals surface area contributed by atoms with E-state index in [-0.39, 0.29) is 11.5 Å². The number of nitrogens with one attached hydrogen (secondary N) is 1. The molecule has 10 nitrogen and oxygen atoms in total. The summed E-state index contributed by atoms with van der Waals surface area (Å²) in [5.74, 6) is -0.305. The van der Waals surface area contributed by atoms with Crippen molar-refractivity contribution in [3.05, 3.63) is 73.8 Å². The van der Waals surface area contributed by atoms with Crippen molar-refractivity contribution in [2.45, 2.75) is 19.8 Å². The number of non-ortho nitro benzene ring substituents is 2. The van der Waals surface area contributed by atoms with Crippen LogP contribution in [0, 0.1) is 26.1 Å². The van der Waals surface area contributed by atoms with E-state index in [2.05, 4.69) is 12.2 Å². The van der Waals surface area contributed by atoms with Gasteiger partial charge in [-0.3, -0.25) is 29.8 Å². The van der Waals surface area contributed by atoms with Crippen LogP contribution in [0.15, 0.2) is 42.5 Å². The molecule has 2 amide bonds. The fourth-order valence-electron chi connectivity index (χ4n) is 3.26. The molecule has 156 valence electrons. The Hall–Kier alpha value is -3.82. The SMILES string of the molecule is CC1CCN(C(=O)c2cccc(NC(=O)c3cc([N+](=O)[O-])cc([N+](=O)[O-])c3)c2)CC1. The summed E-state index contributed by atoms with van der Waals surface area (Å²) in [5, 5.41) is 24.6. The maximum atomic E-state index is 12.7. The number of nitrogens with zero attached hydrogens (tertiary/aromatic N) is 3. The van der Waals surface area contributed by atoms with E-state index in [1.807, 2.05) is 0 Å². The van der Waals surface area contributed by atoms with Gasteiger partial charge in [-0.2, -0.15) is 0 Å². The lowest BCUT2D eigenvalue weighted by Gasteiger charge is -2.30. The van der Waals surface area contributed by atoms with Crippen molar-refractivity contribution in [2.24, 2.45) is 5.92 Å². The van der Waals surface area contributed by atoms with E-state index < -0.39 is 27.1 Å². The first-order valence-corrected chi connectivity index (χ1v) is 9.39. The number of nitro benzene ring substituents is 2. The summed E-state index contributed by atoms with van der Waals surface area (Å²) in [6.07, 6.45) is 1.88. The van der Waals surface area contributed by atoms with Crippen LogP contribution in [0.2, 0.25) is 0 Å². The fraction of sp³-hybridized carbons (Fsp3) is 0.300. The summed E-state index contributed by atoms with van der Waals surface area (Å²) in [4.78, 5) is 47.4. The molecule has 0 aliphatic carbocycles. The molecule has 1 saturated heterocycles. The summed E-state index contributed by atoms with van der Waals surface area (Å²) in [6.45, 7) is 3.50. The largest absolute Gasteiger partial charge is 0.339 e. The molecule has 1 aliphatic rings. The van der Waals surface area contributed by atoms with Gasteiger partial charge in [0.2, 0.25) is 0 Å². The zero-order chi connectivity index (χ0) is 21.8. The van der Waals surface area contributed by atoms with Crippen LogP contribution in [0.3, 0.4) is 0 Å². The Balaban J connectivity index is 1.79. The van der Waals surface area contributed by atoms with Crippen molar-refractivity contribution in [2.75, 3.05) is 18.4 Å². The molecule has 30 heavy (non-hydrogen) atoms. The van der Waals surface area contributed by atoms with Gasteiger partial charge in [-0.05, 0) is 37.0 Å². The Bertz CT molecular complexity index is 982. The Morgan fingerprint density at radius 3 is 2.13 bits per heavy atom. The highest BCUT2D eigenvalue weighted by atomic mass is 16.6. The average molecular weight is 412 g/mol. The van der Waals surface area contributed by atoms with Gasteiger partial charge < -0.3 is 10.2 Å². The van der Waals surface area contributed by atoms with Gasteiger partial charge in [0, 0.05) is 36.5 Å². The van der Waals surface area contributed by atoms with E-state index in [9.17, 15) is 29.8 Å². The molecule has 0 aromatic heterocycles. The third-order valence-corrected chi connectivity index (χ3v) is 5.02. The molecule has 1 aliphatic heterocycles. The molecule has 0 bridgehead atoms. The van der Waals surface area contributed by atoms with Crippen molar-refractivity contribution in [3.8, 4) is 0 Å². The normalized spacial score (nSPS) is 14.2. The first-order chi connectivity index (χ1) is 14.2. The van der Waals surface area contributed by atoms with Gasteiger partial charge in [0.05, 0.1) is 21.5 Å². The topological polar surface area (TPSA) is 136 Å². The quantitative estimate of drug-likeness (QED) is 0.588. The zero-order valence-corrected chi connectivity index (χ0v) is 16.2. The van der Waals surface area contributed by atoms with Crippen LogP contribution < -0.4 is 5.32 Å². The highest BCUT2D eigenvalue weighted by Crippen LogP contribution is 2.24. The van der Waals surface area contributed by atoms with Crippen LogP contribution in [-0.2, 0) is 0 Å². The molecule has 0 unspecified atom stereocenters. The van der Waals surface area contributed by atoms with Crippen LogP contribution in [-0.4, -0.2) is 39.7 Å². The number of carbonyl (C=O) groups excluding carboxylic acids is 2. The third-order valence-electron chi connectivity index (χ3n) is 5.02. The summed E-state index contributed by atoms with van der Waals surface area (Å²) in [5.41, 5.74) is -0.620. The Morgan fingerprint density at radius 1 is 0.967 bits per heavy atom. The van der Waals surface area contributed by atoms with Crippen molar-refractivity contribution < 1.29 is 19.4 Å². The third kappa shape index (κ3) is 4.77. The summed E-state index contributed by atoms with van der Waals surface area (Å²) in [6, 6.07) is 9.07. The van der Waals surface area contributed by atoms with Crippen LogP contribution in [0.25, 0.3) is 0 Å². The van der Waals surface area contributed by atoms with Gasteiger partial charge in [-0.25, -0.2) is 0 Å². The minimum Gasteiger partial charge on any atom is -0.339 e. The Labute approximate surface area is 171 Å². The first-order valence-electron chi connectivity index (χ1n) is 9.39. The number of hydrogen-bond acceptors (Lipinski definition) is 6. The molecule has 3 rings (SSSR count). The van der Waals surface area contributed by atoms with Gasteiger partial charge in [0.25, 0.3) is 23.2 Å². The number of nitro groups is 2. The van der Waals surface area contributed by atoms with Gasteiger partial charge >= 0.3 is 0 Å². The number of rotatable bonds is 5. The van der Waals surface area contributed by atoms with E-state index in [1.54, 1.807) is 23.1 Å². The van der Waals surface area contributed by atoms with Gasteiger partial charge in [-0.1, -0.05) is 13.0 Å². The van der Waals surface area contributed by atoms with E-state index in [0.717, 1.165) is 31.0 Å². The van der Waals surface area contributed by atoms with E-state index >= 15 is 0 Å². The summed E-state index contributed by atoms with van der Waals surface area (Å²) in [7, 11) is 0. The molecule has 1 N–H and O–H groups in total. The Morgan fingerprint density at radius 2 is 1.57 bits per heavy atom. The summed E-state index contributed by atoms with van der Waals surface area (Å²) < 4.78 is 0. The second-order valence-corrected chi connectivity index (χ2v) is 7.26.